The van der Waals surface area contributed by atoms with Gasteiger partial charge in [0.25, 0.3) is 0 Å². The van der Waals surface area contributed by atoms with Crippen molar-refractivity contribution in [2.75, 3.05) is 12.4 Å². The molecule has 0 radical (unpaired) electrons. The second kappa shape index (κ2) is 8.19. The summed E-state index contributed by atoms with van der Waals surface area (Å²) in [5.41, 5.74) is 3.71. The molecule has 3 aromatic rings. The van der Waals surface area contributed by atoms with Crippen LogP contribution in [0, 0.1) is 13.8 Å². The fraction of sp³-hybridized carbons (Fsp3) is 0.250. The van der Waals surface area contributed by atoms with E-state index in [1.807, 2.05) is 51.1 Å². The normalized spacial score (nSPS) is 10.7. The van der Waals surface area contributed by atoms with Crippen molar-refractivity contribution in [3.05, 3.63) is 65.7 Å². The minimum Gasteiger partial charge on any atom is -0.494 e. The van der Waals surface area contributed by atoms with Crippen molar-refractivity contribution in [3.63, 3.8) is 0 Å². The van der Waals surface area contributed by atoms with Gasteiger partial charge in [0.2, 0.25) is 0 Å². The highest BCUT2D eigenvalue weighted by molar-refractivity contribution is 7.99. The van der Waals surface area contributed by atoms with Crippen LogP contribution in [-0.4, -0.2) is 32.7 Å². The minimum absolute atomic E-state index is 0.0766. The Hall–Kier alpha value is -2.60. The number of rotatable bonds is 7. The molecule has 0 aliphatic carbocycles. The molecule has 6 heteroatoms. The van der Waals surface area contributed by atoms with Crippen molar-refractivity contribution in [3.8, 4) is 11.4 Å². The molecule has 0 aliphatic rings. The Morgan fingerprint density at radius 1 is 1.15 bits per heavy atom. The van der Waals surface area contributed by atoms with Crippen molar-refractivity contribution >= 4 is 17.5 Å². The zero-order valence-electron chi connectivity index (χ0n) is 15.1. The number of nitrogens with zero attached hydrogens (tertiary/aromatic N) is 3. The maximum atomic E-state index is 12.7. The zero-order valence-corrected chi connectivity index (χ0v) is 15.9. The Kier molecular flexibility index (Phi) is 5.73. The maximum Gasteiger partial charge on any atom is 0.187 e. The SMILES string of the molecule is CCOc1ccc(-n2c(C)cc(C(=O)CSc3ncccn3)c2C)cc1. The van der Waals surface area contributed by atoms with E-state index in [4.69, 9.17) is 4.74 Å². The molecule has 0 unspecified atom stereocenters. The van der Waals surface area contributed by atoms with Crippen LogP contribution in [0.4, 0.5) is 0 Å². The standard InChI is InChI=1S/C20H21N3O2S/c1-4-25-17-8-6-16(7-9-17)23-14(2)12-18(15(23)3)19(24)13-26-20-21-10-5-11-22-20/h5-12H,4,13H2,1-3H3. The first kappa shape index (κ1) is 18.2. The van der Waals surface area contributed by atoms with Crippen LogP contribution in [-0.2, 0) is 0 Å². The van der Waals surface area contributed by atoms with Gasteiger partial charge in [-0.3, -0.25) is 4.79 Å². The first-order valence-corrected chi connectivity index (χ1v) is 9.44. The zero-order chi connectivity index (χ0) is 18.5. The molecule has 0 saturated heterocycles. The summed E-state index contributed by atoms with van der Waals surface area (Å²) in [7, 11) is 0. The lowest BCUT2D eigenvalue weighted by atomic mass is 10.2. The number of ketones is 1. The van der Waals surface area contributed by atoms with Crippen LogP contribution in [0.15, 0.2) is 53.9 Å². The summed E-state index contributed by atoms with van der Waals surface area (Å²) < 4.78 is 7.59. The summed E-state index contributed by atoms with van der Waals surface area (Å²) in [6, 6.07) is 11.6. The van der Waals surface area contributed by atoms with Gasteiger partial charge in [0, 0.05) is 35.0 Å². The van der Waals surface area contributed by atoms with E-state index >= 15 is 0 Å². The van der Waals surface area contributed by atoms with Gasteiger partial charge in [0.15, 0.2) is 10.9 Å². The second-order valence-electron chi connectivity index (χ2n) is 5.79. The van der Waals surface area contributed by atoms with Crippen molar-refractivity contribution < 1.29 is 9.53 Å². The van der Waals surface area contributed by atoms with Crippen LogP contribution >= 0.6 is 11.8 Å². The van der Waals surface area contributed by atoms with Crippen LogP contribution < -0.4 is 4.74 Å². The molecular formula is C20H21N3O2S. The molecule has 5 nitrogen and oxygen atoms in total. The lowest BCUT2D eigenvalue weighted by Crippen LogP contribution is -2.06. The molecule has 1 aromatic carbocycles. The number of hydrogen-bond donors (Lipinski definition) is 0. The summed E-state index contributed by atoms with van der Waals surface area (Å²) >= 11 is 1.35. The summed E-state index contributed by atoms with van der Waals surface area (Å²) in [6.45, 7) is 6.58. The van der Waals surface area contributed by atoms with Crippen LogP contribution in [0.5, 0.6) is 5.75 Å². The van der Waals surface area contributed by atoms with E-state index in [9.17, 15) is 4.79 Å². The number of carbonyl (C=O) groups is 1. The van der Waals surface area contributed by atoms with Crippen molar-refractivity contribution in [1.82, 2.24) is 14.5 Å². The van der Waals surface area contributed by atoms with Crippen LogP contribution in [0.2, 0.25) is 0 Å². The third-order valence-corrected chi connectivity index (χ3v) is 4.89. The molecule has 0 saturated carbocycles. The molecule has 0 aliphatic heterocycles. The van der Waals surface area contributed by atoms with E-state index in [0.717, 1.165) is 28.4 Å². The van der Waals surface area contributed by atoms with Gasteiger partial charge in [0.05, 0.1) is 12.4 Å². The lowest BCUT2D eigenvalue weighted by Gasteiger charge is -2.11. The highest BCUT2D eigenvalue weighted by atomic mass is 32.2. The summed E-state index contributed by atoms with van der Waals surface area (Å²) in [5, 5.41) is 0.612. The Bertz CT molecular complexity index is 889. The van der Waals surface area contributed by atoms with Gasteiger partial charge in [-0.2, -0.15) is 0 Å². The average Bonchev–Trinajstić information content (AvgIpc) is 2.96. The van der Waals surface area contributed by atoms with Gasteiger partial charge in [-0.05, 0) is 57.2 Å². The number of carbonyl (C=O) groups excluding carboxylic acids is 1. The molecule has 26 heavy (non-hydrogen) atoms. The highest BCUT2D eigenvalue weighted by Crippen LogP contribution is 2.24. The molecule has 134 valence electrons. The molecule has 0 spiro atoms. The molecule has 0 atom stereocenters. The molecule has 2 aromatic heterocycles. The Balaban J connectivity index is 1.79. The van der Waals surface area contributed by atoms with E-state index < -0.39 is 0 Å². The van der Waals surface area contributed by atoms with E-state index in [0.29, 0.717) is 17.5 Å². The quantitative estimate of drug-likeness (QED) is 0.355. The van der Waals surface area contributed by atoms with E-state index in [2.05, 4.69) is 14.5 Å². The van der Waals surface area contributed by atoms with E-state index in [1.165, 1.54) is 11.8 Å². The third-order valence-electron chi connectivity index (χ3n) is 4.01. The average molecular weight is 367 g/mol. The molecule has 0 fully saturated rings. The Morgan fingerprint density at radius 2 is 1.85 bits per heavy atom. The van der Waals surface area contributed by atoms with Gasteiger partial charge in [-0.1, -0.05) is 11.8 Å². The number of Topliss-reactive ketones (excluding diaryl/α,β-unsaturated/α-hetero) is 1. The third kappa shape index (κ3) is 3.96. The lowest BCUT2D eigenvalue weighted by molar-refractivity contribution is 0.102. The molecular weight excluding hydrogens is 346 g/mol. The van der Waals surface area contributed by atoms with Crippen molar-refractivity contribution in [1.29, 1.82) is 0 Å². The Labute approximate surface area is 157 Å². The molecule has 0 amide bonds. The first-order valence-electron chi connectivity index (χ1n) is 8.45. The Morgan fingerprint density at radius 3 is 2.50 bits per heavy atom. The van der Waals surface area contributed by atoms with Gasteiger partial charge < -0.3 is 9.30 Å². The maximum absolute atomic E-state index is 12.7. The number of benzene rings is 1. The van der Waals surface area contributed by atoms with Gasteiger partial charge in [-0.15, -0.1) is 0 Å². The topological polar surface area (TPSA) is 57.0 Å². The smallest absolute Gasteiger partial charge is 0.187 e. The van der Waals surface area contributed by atoms with Gasteiger partial charge >= 0.3 is 0 Å². The van der Waals surface area contributed by atoms with Crippen molar-refractivity contribution in [2.45, 2.75) is 25.9 Å². The van der Waals surface area contributed by atoms with Gasteiger partial charge in [-0.25, -0.2) is 9.97 Å². The van der Waals surface area contributed by atoms with Gasteiger partial charge in [0.1, 0.15) is 5.75 Å². The number of aryl methyl sites for hydroxylation is 1. The van der Waals surface area contributed by atoms with E-state index in [1.54, 1.807) is 18.5 Å². The number of hydrogen-bond acceptors (Lipinski definition) is 5. The van der Waals surface area contributed by atoms with E-state index in [-0.39, 0.29) is 5.78 Å². The largest absolute Gasteiger partial charge is 0.494 e. The second-order valence-corrected chi connectivity index (χ2v) is 6.73. The monoisotopic (exact) mass is 367 g/mol. The highest BCUT2D eigenvalue weighted by Gasteiger charge is 2.17. The first-order chi connectivity index (χ1) is 12.6. The number of aromatic nitrogens is 3. The summed E-state index contributed by atoms with van der Waals surface area (Å²) in [5.74, 6) is 1.24. The summed E-state index contributed by atoms with van der Waals surface area (Å²) in [6.07, 6.45) is 3.36. The fourth-order valence-electron chi connectivity index (χ4n) is 2.87. The molecule has 0 N–H and O–H groups in total. The van der Waals surface area contributed by atoms with Crippen LogP contribution in [0.1, 0.15) is 28.7 Å². The number of ether oxygens (including phenoxy) is 1. The molecule has 0 bridgehead atoms. The molecule has 2 heterocycles. The predicted octanol–water partition coefficient (Wildman–Crippen LogP) is 4.26. The molecule has 3 rings (SSSR count). The van der Waals surface area contributed by atoms with Crippen molar-refractivity contribution in [2.24, 2.45) is 0 Å². The summed E-state index contributed by atoms with van der Waals surface area (Å²) in [4.78, 5) is 21.0. The van der Waals surface area contributed by atoms with Crippen LogP contribution in [0.3, 0.4) is 0 Å². The van der Waals surface area contributed by atoms with Crippen LogP contribution in [0.25, 0.3) is 5.69 Å². The fourth-order valence-corrected chi connectivity index (χ4v) is 3.55. The number of thioether (sulfide) groups is 1. The minimum atomic E-state index is 0.0766. The predicted molar refractivity (Wildman–Crippen MR) is 103 cm³/mol.